The molecule has 2 aromatic carbocycles. The second-order valence-electron chi connectivity index (χ2n) is 8.25. The van der Waals surface area contributed by atoms with E-state index in [9.17, 15) is 9.59 Å². The minimum Gasteiger partial charge on any atom is -0.300 e. The van der Waals surface area contributed by atoms with Gasteiger partial charge in [0.15, 0.2) is 10.9 Å². The van der Waals surface area contributed by atoms with E-state index in [1.807, 2.05) is 39.3 Å². The third-order valence-electron chi connectivity index (χ3n) is 6.09. The molecular formula is C25H19ClN4O2S2. The molecular weight excluding hydrogens is 488 g/mol. The molecule has 34 heavy (non-hydrogen) atoms. The maximum Gasteiger partial charge on any atom is 0.238 e. The Morgan fingerprint density at radius 3 is 2.65 bits per heavy atom. The number of ketones is 1. The third-order valence-corrected chi connectivity index (χ3v) is 8.54. The topological polar surface area (TPSA) is 69.3 Å². The Hall–Kier alpha value is -2.94. The zero-order valence-corrected chi connectivity index (χ0v) is 20.4. The van der Waals surface area contributed by atoms with E-state index < -0.39 is 0 Å². The molecule has 6 nitrogen and oxygen atoms in total. The van der Waals surface area contributed by atoms with Gasteiger partial charge in [-0.25, -0.2) is 4.40 Å². The Morgan fingerprint density at radius 2 is 1.85 bits per heavy atom. The Bertz CT molecular complexity index is 1600. The number of hydrogen-bond donors (Lipinski definition) is 0. The summed E-state index contributed by atoms with van der Waals surface area (Å²) in [5.74, 6) is 0.825. The summed E-state index contributed by atoms with van der Waals surface area (Å²) in [7, 11) is 0. The number of thioether (sulfide) groups is 1. The van der Waals surface area contributed by atoms with Crippen molar-refractivity contribution in [2.24, 2.45) is 0 Å². The highest BCUT2D eigenvalue weighted by molar-refractivity contribution is 7.99. The Labute approximate surface area is 208 Å². The smallest absolute Gasteiger partial charge is 0.238 e. The molecule has 0 saturated heterocycles. The molecule has 5 aromatic rings. The van der Waals surface area contributed by atoms with Crippen LogP contribution >= 0.6 is 34.7 Å². The molecule has 0 fully saturated rings. The van der Waals surface area contributed by atoms with Crippen molar-refractivity contribution in [2.75, 3.05) is 5.75 Å². The fraction of sp³-hybridized carbons (Fsp3) is 0.200. The Kier molecular flexibility index (Phi) is 5.51. The predicted octanol–water partition coefficient (Wildman–Crippen LogP) is 5.27. The lowest BCUT2D eigenvalue weighted by Crippen LogP contribution is -2.13. The van der Waals surface area contributed by atoms with Crippen LogP contribution in [0.25, 0.3) is 16.1 Å². The van der Waals surface area contributed by atoms with Gasteiger partial charge >= 0.3 is 0 Å². The summed E-state index contributed by atoms with van der Waals surface area (Å²) in [6.45, 7) is 0.529. The Balaban J connectivity index is 1.45. The number of hydrogen-bond acceptors (Lipinski definition) is 6. The average molecular weight is 507 g/mol. The van der Waals surface area contributed by atoms with Crippen molar-refractivity contribution >= 4 is 56.6 Å². The first-order valence-corrected chi connectivity index (χ1v) is 13.2. The highest BCUT2D eigenvalue weighted by atomic mass is 35.5. The minimum absolute atomic E-state index is 0.0134. The van der Waals surface area contributed by atoms with E-state index in [1.54, 1.807) is 35.6 Å². The van der Waals surface area contributed by atoms with Crippen LogP contribution in [0.4, 0.5) is 0 Å². The third kappa shape index (κ3) is 3.66. The van der Waals surface area contributed by atoms with Gasteiger partial charge in [-0.15, -0.1) is 21.5 Å². The maximum atomic E-state index is 13.5. The number of rotatable bonds is 6. The molecule has 0 N–H and O–H groups in total. The summed E-state index contributed by atoms with van der Waals surface area (Å²) in [5.41, 5.74) is 3.39. The first-order chi connectivity index (χ1) is 16.6. The summed E-state index contributed by atoms with van der Waals surface area (Å²) in [6, 6.07) is 16.9. The number of nitrogens with zero attached hydrogens (tertiary/aromatic N) is 4. The molecule has 0 unspecified atom stereocenters. The van der Waals surface area contributed by atoms with Crippen LogP contribution in [0.15, 0.2) is 64.5 Å². The predicted molar refractivity (Wildman–Crippen MR) is 137 cm³/mol. The summed E-state index contributed by atoms with van der Waals surface area (Å²) in [6.07, 6.45) is 2.76. The number of imidazole rings is 1. The molecule has 0 saturated carbocycles. The van der Waals surface area contributed by atoms with Crippen molar-refractivity contribution < 1.29 is 4.79 Å². The van der Waals surface area contributed by atoms with E-state index in [4.69, 9.17) is 11.6 Å². The van der Waals surface area contributed by atoms with E-state index in [0.29, 0.717) is 33.6 Å². The number of aromatic nitrogens is 4. The molecule has 0 atom stereocenters. The van der Waals surface area contributed by atoms with Gasteiger partial charge < -0.3 is 0 Å². The van der Waals surface area contributed by atoms with Crippen LogP contribution < -0.4 is 5.43 Å². The van der Waals surface area contributed by atoms with Crippen molar-refractivity contribution in [3.8, 4) is 0 Å². The van der Waals surface area contributed by atoms with Crippen LogP contribution in [0.3, 0.4) is 0 Å². The fourth-order valence-corrected chi connectivity index (χ4v) is 6.80. The summed E-state index contributed by atoms with van der Waals surface area (Å²) >= 11 is 8.93. The van der Waals surface area contributed by atoms with Gasteiger partial charge in [0.1, 0.15) is 10.3 Å². The molecule has 3 heterocycles. The van der Waals surface area contributed by atoms with Gasteiger partial charge in [0, 0.05) is 21.0 Å². The SMILES string of the molecule is O=C(CSc1nnc2n(Cc3ccccc3)c3c(=O)c4c(sc3n12)CCC4)c1ccc(Cl)cc1. The van der Waals surface area contributed by atoms with Crippen molar-refractivity contribution in [3.63, 3.8) is 0 Å². The van der Waals surface area contributed by atoms with Crippen LogP contribution in [0.2, 0.25) is 5.02 Å². The van der Waals surface area contributed by atoms with E-state index >= 15 is 0 Å². The van der Waals surface area contributed by atoms with Crippen LogP contribution in [0, 0.1) is 0 Å². The molecule has 0 spiro atoms. The number of aryl methyl sites for hydroxylation is 1. The number of carbonyl (C=O) groups excluding carboxylic acids is 1. The quantitative estimate of drug-likeness (QED) is 0.232. The number of carbonyl (C=O) groups is 1. The number of Topliss-reactive ketones (excluding diaryl/α,β-unsaturated/α-hetero) is 1. The van der Waals surface area contributed by atoms with E-state index in [1.165, 1.54) is 11.8 Å². The highest BCUT2D eigenvalue weighted by Crippen LogP contribution is 2.33. The van der Waals surface area contributed by atoms with Crippen molar-refractivity contribution in [1.82, 2.24) is 19.2 Å². The van der Waals surface area contributed by atoms with Gasteiger partial charge in [0.05, 0.1) is 12.3 Å². The summed E-state index contributed by atoms with van der Waals surface area (Å²) in [4.78, 5) is 28.3. The Morgan fingerprint density at radius 1 is 1.06 bits per heavy atom. The standard InChI is InChI=1S/C25H19ClN4O2S2/c26-17-11-9-16(10-12-17)19(31)14-33-25-28-27-24-29(13-15-5-2-1-3-6-15)21-22(32)18-7-4-8-20(18)34-23(21)30(24)25/h1-3,5-6,9-12H,4,7-8,13-14H2. The molecule has 0 amide bonds. The minimum atomic E-state index is -0.0134. The molecule has 1 aliphatic carbocycles. The number of halogens is 1. The van der Waals surface area contributed by atoms with Gasteiger partial charge in [-0.3, -0.25) is 14.2 Å². The number of fused-ring (bicyclic) bond motifs is 4. The second kappa shape index (κ2) is 8.69. The first-order valence-electron chi connectivity index (χ1n) is 11.0. The fourth-order valence-electron chi connectivity index (χ4n) is 4.44. The molecule has 0 aliphatic heterocycles. The van der Waals surface area contributed by atoms with Gasteiger partial charge in [0.2, 0.25) is 11.2 Å². The average Bonchev–Trinajstić information content (AvgIpc) is 3.56. The van der Waals surface area contributed by atoms with Gasteiger partial charge in [-0.1, -0.05) is 53.7 Å². The molecule has 0 radical (unpaired) electrons. The zero-order chi connectivity index (χ0) is 23.2. The largest absolute Gasteiger partial charge is 0.300 e. The normalized spacial score (nSPS) is 13.1. The van der Waals surface area contributed by atoms with Crippen LogP contribution in [0.5, 0.6) is 0 Å². The lowest BCUT2D eigenvalue weighted by molar-refractivity contribution is 0.102. The lowest BCUT2D eigenvalue weighted by atomic mass is 10.1. The van der Waals surface area contributed by atoms with E-state index in [2.05, 4.69) is 10.2 Å². The van der Waals surface area contributed by atoms with Crippen LogP contribution in [-0.4, -0.2) is 30.7 Å². The van der Waals surface area contributed by atoms with Crippen LogP contribution in [0.1, 0.15) is 32.8 Å². The van der Waals surface area contributed by atoms with Gasteiger partial charge in [0.25, 0.3) is 0 Å². The van der Waals surface area contributed by atoms with E-state index in [-0.39, 0.29) is 17.0 Å². The lowest BCUT2D eigenvalue weighted by Gasteiger charge is -2.05. The maximum absolute atomic E-state index is 13.5. The highest BCUT2D eigenvalue weighted by Gasteiger charge is 2.26. The molecule has 170 valence electrons. The summed E-state index contributed by atoms with van der Waals surface area (Å²) < 4.78 is 3.92. The number of benzene rings is 2. The second-order valence-corrected chi connectivity index (χ2v) is 10.7. The van der Waals surface area contributed by atoms with E-state index in [0.717, 1.165) is 40.1 Å². The van der Waals surface area contributed by atoms with Crippen LogP contribution in [-0.2, 0) is 19.4 Å². The first kappa shape index (κ1) is 21.6. The van der Waals surface area contributed by atoms with Crippen molar-refractivity contribution in [3.05, 3.63) is 91.4 Å². The molecule has 0 bridgehead atoms. The molecule has 9 heteroatoms. The summed E-state index contributed by atoms with van der Waals surface area (Å²) in [5, 5.41) is 10.1. The van der Waals surface area contributed by atoms with Crippen molar-refractivity contribution in [1.29, 1.82) is 0 Å². The molecule has 3 aromatic heterocycles. The van der Waals surface area contributed by atoms with Gasteiger partial charge in [-0.05, 0) is 49.1 Å². The monoisotopic (exact) mass is 506 g/mol. The zero-order valence-electron chi connectivity index (χ0n) is 18.0. The van der Waals surface area contributed by atoms with Gasteiger partial charge in [-0.2, -0.15) is 0 Å². The molecule has 6 rings (SSSR count). The van der Waals surface area contributed by atoms with Crippen molar-refractivity contribution in [2.45, 2.75) is 31.0 Å². The molecule has 1 aliphatic rings.